The second kappa shape index (κ2) is 4.81. The molecular formula is C12H18NOS+. The van der Waals surface area contributed by atoms with Crippen molar-refractivity contribution in [1.82, 2.24) is 0 Å². The number of rotatable bonds is 3. The lowest BCUT2D eigenvalue weighted by atomic mass is 10.2. The number of nitrogens with zero attached hydrogens (tertiary/aromatic N) is 1. The van der Waals surface area contributed by atoms with Gasteiger partial charge >= 0.3 is 0 Å². The quantitative estimate of drug-likeness (QED) is 0.580. The molecule has 0 aliphatic heterocycles. The number of benzene rings is 1. The van der Waals surface area contributed by atoms with E-state index in [1.807, 2.05) is 12.1 Å². The van der Waals surface area contributed by atoms with Gasteiger partial charge in [-0.3, -0.25) is 4.79 Å². The molecule has 0 N–H and O–H groups in total. The Balaban J connectivity index is 2.68. The van der Waals surface area contributed by atoms with Crippen LogP contribution in [0.15, 0.2) is 29.2 Å². The standard InChI is InChI=1S/C12H18NOS/c1-10(14)15-12-7-5-11(6-8-12)9-13(2,3)4/h5-8H,9H2,1-4H3/q+1. The highest BCUT2D eigenvalue weighted by atomic mass is 32.2. The number of carbonyl (C=O) groups excluding carboxylic acids is 1. The van der Waals surface area contributed by atoms with E-state index in [-0.39, 0.29) is 5.12 Å². The van der Waals surface area contributed by atoms with E-state index in [4.69, 9.17) is 0 Å². The first-order valence-corrected chi connectivity index (χ1v) is 5.76. The Morgan fingerprint density at radius 2 is 1.73 bits per heavy atom. The van der Waals surface area contributed by atoms with E-state index in [1.54, 1.807) is 6.92 Å². The molecule has 2 nitrogen and oxygen atoms in total. The molecule has 0 aliphatic carbocycles. The maximum Gasteiger partial charge on any atom is 0.190 e. The summed E-state index contributed by atoms with van der Waals surface area (Å²) in [5.41, 5.74) is 1.30. The van der Waals surface area contributed by atoms with Crippen molar-refractivity contribution in [2.75, 3.05) is 21.1 Å². The van der Waals surface area contributed by atoms with Crippen LogP contribution in [-0.2, 0) is 11.3 Å². The first-order valence-electron chi connectivity index (χ1n) is 4.95. The van der Waals surface area contributed by atoms with Crippen molar-refractivity contribution < 1.29 is 9.28 Å². The fraction of sp³-hybridized carbons (Fsp3) is 0.417. The van der Waals surface area contributed by atoms with Gasteiger partial charge in [0.1, 0.15) is 6.54 Å². The van der Waals surface area contributed by atoms with Gasteiger partial charge in [-0.1, -0.05) is 23.9 Å². The van der Waals surface area contributed by atoms with Crippen molar-refractivity contribution in [1.29, 1.82) is 0 Å². The highest BCUT2D eigenvalue weighted by Crippen LogP contribution is 2.19. The Hall–Kier alpha value is -0.800. The SMILES string of the molecule is CC(=O)Sc1ccc(C[N+](C)(C)C)cc1. The minimum atomic E-state index is 0.134. The molecule has 0 saturated carbocycles. The maximum atomic E-state index is 10.9. The molecule has 0 bridgehead atoms. The Morgan fingerprint density at radius 3 is 2.13 bits per heavy atom. The summed E-state index contributed by atoms with van der Waals surface area (Å²) in [6, 6.07) is 8.21. The summed E-state index contributed by atoms with van der Waals surface area (Å²) >= 11 is 1.28. The molecule has 0 atom stereocenters. The van der Waals surface area contributed by atoms with Gasteiger partial charge in [0, 0.05) is 17.4 Å². The lowest BCUT2D eigenvalue weighted by molar-refractivity contribution is -0.884. The molecule has 1 aromatic rings. The van der Waals surface area contributed by atoms with Crippen LogP contribution in [-0.4, -0.2) is 30.7 Å². The van der Waals surface area contributed by atoms with Crippen molar-refractivity contribution in [2.45, 2.75) is 18.4 Å². The summed E-state index contributed by atoms with van der Waals surface area (Å²) in [4.78, 5) is 11.9. The molecule has 0 unspecified atom stereocenters. The summed E-state index contributed by atoms with van der Waals surface area (Å²) in [6.45, 7) is 2.59. The summed E-state index contributed by atoms with van der Waals surface area (Å²) < 4.78 is 0.916. The Morgan fingerprint density at radius 1 is 1.20 bits per heavy atom. The fourth-order valence-corrected chi connectivity index (χ4v) is 1.98. The van der Waals surface area contributed by atoms with Gasteiger partial charge in [0.15, 0.2) is 5.12 Å². The van der Waals surface area contributed by atoms with Crippen molar-refractivity contribution in [3.63, 3.8) is 0 Å². The molecule has 15 heavy (non-hydrogen) atoms. The minimum absolute atomic E-state index is 0.134. The average Bonchev–Trinajstić information content (AvgIpc) is 2.05. The van der Waals surface area contributed by atoms with E-state index in [0.29, 0.717) is 0 Å². The van der Waals surface area contributed by atoms with Crippen LogP contribution in [0.2, 0.25) is 0 Å². The monoisotopic (exact) mass is 224 g/mol. The molecule has 0 aliphatic rings. The molecule has 0 spiro atoms. The van der Waals surface area contributed by atoms with Crippen LogP contribution >= 0.6 is 11.8 Å². The van der Waals surface area contributed by atoms with Crippen LogP contribution in [0.1, 0.15) is 12.5 Å². The van der Waals surface area contributed by atoms with Crippen molar-refractivity contribution >= 4 is 16.9 Å². The first kappa shape index (κ1) is 12.3. The zero-order valence-corrected chi connectivity index (χ0v) is 10.6. The van der Waals surface area contributed by atoms with E-state index >= 15 is 0 Å². The zero-order valence-electron chi connectivity index (χ0n) is 9.78. The van der Waals surface area contributed by atoms with Crippen molar-refractivity contribution in [2.24, 2.45) is 0 Å². The summed E-state index contributed by atoms with van der Waals surface area (Å²) in [7, 11) is 6.49. The van der Waals surface area contributed by atoms with Gasteiger partial charge in [-0.05, 0) is 12.1 Å². The van der Waals surface area contributed by atoms with E-state index in [1.165, 1.54) is 17.3 Å². The van der Waals surface area contributed by atoms with Crippen LogP contribution in [0.3, 0.4) is 0 Å². The molecule has 1 rings (SSSR count). The van der Waals surface area contributed by atoms with Gasteiger partial charge < -0.3 is 4.48 Å². The van der Waals surface area contributed by atoms with E-state index in [0.717, 1.165) is 15.9 Å². The predicted octanol–water partition coefficient (Wildman–Crippen LogP) is 2.53. The van der Waals surface area contributed by atoms with Gasteiger partial charge in [0.05, 0.1) is 21.1 Å². The third kappa shape index (κ3) is 5.00. The highest BCUT2D eigenvalue weighted by molar-refractivity contribution is 8.13. The predicted molar refractivity (Wildman–Crippen MR) is 64.7 cm³/mol. The van der Waals surface area contributed by atoms with Gasteiger partial charge in [-0.2, -0.15) is 0 Å². The summed E-state index contributed by atoms with van der Waals surface area (Å²) in [5.74, 6) is 0. The van der Waals surface area contributed by atoms with Crippen LogP contribution in [0, 0.1) is 0 Å². The maximum absolute atomic E-state index is 10.9. The van der Waals surface area contributed by atoms with Crippen LogP contribution in [0.4, 0.5) is 0 Å². The topological polar surface area (TPSA) is 17.1 Å². The second-order valence-corrected chi connectivity index (χ2v) is 5.94. The first-order chi connectivity index (χ1) is 6.87. The minimum Gasteiger partial charge on any atom is -0.327 e. The second-order valence-electron chi connectivity index (χ2n) is 4.69. The molecule has 0 heterocycles. The molecule has 0 saturated heterocycles. The lowest BCUT2D eigenvalue weighted by Gasteiger charge is -2.23. The van der Waals surface area contributed by atoms with Crippen LogP contribution in [0.25, 0.3) is 0 Å². The van der Waals surface area contributed by atoms with E-state index in [2.05, 4.69) is 33.3 Å². The number of hydrogen-bond acceptors (Lipinski definition) is 2. The lowest BCUT2D eigenvalue weighted by Crippen LogP contribution is -2.33. The third-order valence-corrected chi connectivity index (χ3v) is 2.64. The third-order valence-electron chi connectivity index (χ3n) is 1.84. The molecule has 0 radical (unpaired) electrons. The molecule has 0 aromatic heterocycles. The van der Waals surface area contributed by atoms with Crippen LogP contribution in [0.5, 0.6) is 0 Å². The molecule has 0 fully saturated rings. The molecule has 1 aromatic carbocycles. The smallest absolute Gasteiger partial charge is 0.190 e. The normalized spacial score (nSPS) is 11.5. The fourth-order valence-electron chi connectivity index (χ4n) is 1.38. The number of hydrogen-bond donors (Lipinski definition) is 0. The molecule has 82 valence electrons. The number of quaternary nitrogens is 1. The Labute approximate surface area is 95.9 Å². The average molecular weight is 224 g/mol. The largest absolute Gasteiger partial charge is 0.327 e. The summed E-state index contributed by atoms with van der Waals surface area (Å²) in [5, 5.41) is 0.134. The van der Waals surface area contributed by atoms with Crippen molar-refractivity contribution in [3.05, 3.63) is 29.8 Å². The highest BCUT2D eigenvalue weighted by Gasteiger charge is 2.08. The zero-order chi connectivity index (χ0) is 11.5. The number of carbonyl (C=O) groups is 1. The van der Waals surface area contributed by atoms with E-state index in [9.17, 15) is 4.79 Å². The Kier molecular flexibility index (Phi) is 3.94. The summed E-state index contributed by atoms with van der Waals surface area (Å²) in [6.07, 6.45) is 0. The van der Waals surface area contributed by atoms with Gasteiger partial charge in [0.2, 0.25) is 0 Å². The van der Waals surface area contributed by atoms with Crippen molar-refractivity contribution in [3.8, 4) is 0 Å². The van der Waals surface area contributed by atoms with Gasteiger partial charge in [-0.25, -0.2) is 0 Å². The Bertz CT molecular complexity index is 338. The van der Waals surface area contributed by atoms with Gasteiger partial charge in [-0.15, -0.1) is 0 Å². The molecular weight excluding hydrogens is 206 g/mol. The van der Waals surface area contributed by atoms with Crippen LogP contribution < -0.4 is 0 Å². The molecule has 3 heteroatoms. The number of thioether (sulfide) groups is 1. The molecule has 0 amide bonds. The van der Waals surface area contributed by atoms with Gasteiger partial charge in [0.25, 0.3) is 0 Å². The van der Waals surface area contributed by atoms with E-state index < -0.39 is 0 Å².